The van der Waals surface area contributed by atoms with E-state index >= 15 is 0 Å². The molecular formula is Cl3CoCuMnZn. The Labute approximate surface area is 93.6 Å². The summed E-state index contributed by atoms with van der Waals surface area (Å²) in [5, 5.41) is 0. The number of hydrogen-bond acceptors (Lipinski definition) is 0. The third-order valence-electron chi connectivity index (χ3n) is 0. The van der Waals surface area contributed by atoms with Crippen molar-refractivity contribution in [2.24, 2.45) is 0 Å². The molecule has 0 saturated heterocycles. The van der Waals surface area contributed by atoms with Crippen LogP contribution < -0.4 is 0 Å². The molecule has 0 saturated carbocycles. The molecule has 0 bridgehead atoms. The van der Waals surface area contributed by atoms with Crippen molar-refractivity contribution >= 4 is 30.4 Å². The van der Waals surface area contributed by atoms with Gasteiger partial charge < -0.3 is 0 Å². The molecule has 0 aromatic carbocycles. The summed E-state index contributed by atoms with van der Waals surface area (Å²) in [4.78, 5) is 0. The van der Waals surface area contributed by atoms with Gasteiger partial charge in [0.2, 0.25) is 0 Å². The Balaban J connectivity index is -0.0000000150. The van der Waals surface area contributed by atoms with E-state index in [4.69, 9.17) is 30.4 Å². The Hall–Kier alpha value is 3.04. The van der Waals surface area contributed by atoms with Crippen LogP contribution in [0, 0.1) is 0 Å². The van der Waals surface area contributed by atoms with Crippen LogP contribution in [0.25, 0.3) is 0 Å². The molecule has 0 atom stereocenters. The minimum absolute atomic E-state index is 0. The van der Waals surface area contributed by atoms with E-state index < -0.39 is 10.9 Å². The van der Waals surface area contributed by atoms with Gasteiger partial charge in [0.05, 0.1) is 0 Å². The maximum Gasteiger partial charge on any atom is 0 e. The monoisotopic (exact) mass is 346 g/mol. The van der Waals surface area contributed by atoms with Crippen LogP contribution in [-0.2, 0) is 64.6 Å². The van der Waals surface area contributed by atoms with Crippen LogP contribution in [0.4, 0.5) is 0 Å². The summed E-state index contributed by atoms with van der Waals surface area (Å²) in [6, 6.07) is 0. The Morgan fingerprint density at radius 3 is 1.00 bits per heavy atom. The molecule has 0 rings (SSSR count). The van der Waals surface area contributed by atoms with E-state index in [1.54, 1.807) is 0 Å². The first kappa shape index (κ1) is 22.5. The van der Waals surface area contributed by atoms with Crippen LogP contribution in [0.15, 0.2) is 0 Å². The first-order chi connectivity index (χ1) is 1.73. The molecule has 50 valence electrons. The van der Waals surface area contributed by atoms with E-state index in [1.807, 2.05) is 0 Å². The van der Waals surface area contributed by atoms with Crippen molar-refractivity contribution < 1.29 is 64.6 Å². The summed E-state index contributed by atoms with van der Waals surface area (Å²) in [6.45, 7) is 0. The smallest absolute Gasteiger partial charge is 0 e. The van der Waals surface area contributed by atoms with Crippen molar-refractivity contribution in [3.05, 3.63) is 0 Å². The van der Waals surface area contributed by atoms with Crippen LogP contribution in [0.3, 0.4) is 0 Å². The summed E-state index contributed by atoms with van der Waals surface area (Å²) in [7, 11) is 13.4. The van der Waals surface area contributed by atoms with Crippen LogP contribution in [-0.4, -0.2) is 0 Å². The van der Waals surface area contributed by atoms with Gasteiger partial charge >= 0.3 is 41.4 Å². The Bertz CT molecular complexity index is 19.7. The topological polar surface area (TPSA) is 0 Å². The first-order valence-electron chi connectivity index (χ1n) is 0.378. The molecule has 0 amide bonds. The number of hydrogen-bond donors (Lipinski definition) is 0. The zero-order chi connectivity index (χ0) is 3.58. The summed E-state index contributed by atoms with van der Waals surface area (Å²) in [5.41, 5.74) is 0. The molecule has 0 nitrogen and oxygen atoms in total. The molecular weight excluding hydrogens is 349 g/mol. The van der Waals surface area contributed by atoms with E-state index in [9.17, 15) is 0 Å². The Morgan fingerprint density at radius 2 is 1.00 bits per heavy atom. The fourth-order valence-corrected chi connectivity index (χ4v) is 0. The fourth-order valence-electron chi connectivity index (χ4n) is 0. The molecule has 0 aromatic rings. The van der Waals surface area contributed by atoms with E-state index in [2.05, 4.69) is 0 Å². The van der Waals surface area contributed by atoms with Gasteiger partial charge in [-0.15, -0.1) is 0 Å². The largest absolute Gasteiger partial charge is 0 e. The number of rotatable bonds is 0. The zero-order valence-electron chi connectivity index (χ0n) is 2.85. The minimum Gasteiger partial charge on any atom is 0 e. The molecule has 0 aromatic heterocycles. The van der Waals surface area contributed by atoms with Gasteiger partial charge in [-0.3, -0.25) is 0 Å². The summed E-state index contributed by atoms with van der Waals surface area (Å²) in [6.07, 6.45) is 0. The van der Waals surface area contributed by atoms with Gasteiger partial charge in [-0.1, -0.05) is 0 Å². The molecule has 7 heteroatoms. The molecule has 0 aliphatic rings. The molecule has 0 N–H and O–H groups in total. The second-order valence-electron chi connectivity index (χ2n) is 0.143. The van der Waals surface area contributed by atoms with E-state index in [0.29, 0.717) is 0 Å². The molecule has 0 aliphatic heterocycles. The maximum atomic E-state index is 4.87. The predicted octanol–water partition coefficient (Wildman–Crippen LogP) is 2.06. The van der Waals surface area contributed by atoms with Gasteiger partial charge in [-0.25, -0.2) is 0 Å². The molecule has 2 radical (unpaired) electrons. The van der Waals surface area contributed by atoms with Crippen molar-refractivity contribution in [2.45, 2.75) is 0 Å². The minimum atomic E-state index is -1.19. The standard InChI is InChI=1S/3ClH.Co.Cu.Mn.Zn/h3*1H;;;;/q;;;+3;;;/p-3. The van der Waals surface area contributed by atoms with Crippen molar-refractivity contribution in [1.29, 1.82) is 0 Å². The van der Waals surface area contributed by atoms with Crippen LogP contribution in [0.5, 0.6) is 0 Å². The Kier molecular flexibility index (Phi) is 51.5. The second kappa shape index (κ2) is 16.0. The summed E-state index contributed by atoms with van der Waals surface area (Å²) < 4.78 is 0. The number of halogens is 3. The Morgan fingerprint density at radius 1 is 1.00 bits per heavy atom. The van der Waals surface area contributed by atoms with Gasteiger partial charge in [-0.05, 0) is 0 Å². The third-order valence-corrected chi connectivity index (χ3v) is 0. The second-order valence-corrected chi connectivity index (χ2v) is 5.30. The molecule has 0 spiro atoms. The molecule has 0 heterocycles. The van der Waals surface area contributed by atoms with Gasteiger partial charge in [0.15, 0.2) is 0 Å². The SMILES string of the molecule is [Cl][Co]([Cl])[Cl].[Cu].[Mn].[Zn]. The summed E-state index contributed by atoms with van der Waals surface area (Å²) >= 11 is 0. The summed E-state index contributed by atoms with van der Waals surface area (Å²) in [5.74, 6) is 0. The van der Waals surface area contributed by atoms with Crippen molar-refractivity contribution in [3.8, 4) is 0 Å². The molecule has 7 heavy (non-hydrogen) atoms. The van der Waals surface area contributed by atoms with Gasteiger partial charge in [0, 0.05) is 53.6 Å². The molecule has 0 aliphatic carbocycles. The molecule has 0 fully saturated rings. The average Bonchev–Trinajstić information content (AvgIpc) is 0.811. The quantitative estimate of drug-likeness (QED) is 0.588. The predicted molar refractivity (Wildman–Crippen MR) is 17.6 cm³/mol. The van der Waals surface area contributed by atoms with Crippen molar-refractivity contribution in [1.82, 2.24) is 0 Å². The van der Waals surface area contributed by atoms with Crippen molar-refractivity contribution in [3.63, 3.8) is 0 Å². The third kappa shape index (κ3) is 48.5. The van der Waals surface area contributed by atoms with Crippen LogP contribution >= 0.6 is 30.4 Å². The zero-order valence-corrected chi connectivity index (χ0v) is 11.3. The normalized spacial score (nSPS) is 6.43. The fraction of sp³-hybridized carbons (Fsp3) is 0. The van der Waals surface area contributed by atoms with Gasteiger partial charge in [0.25, 0.3) is 0 Å². The average molecular weight is 349 g/mol. The van der Waals surface area contributed by atoms with Crippen LogP contribution in [0.2, 0.25) is 0 Å². The first-order valence-corrected chi connectivity index (χ1v) is 4.68. The van der Waals surface area contributed by atoms with E-state index in [1.165, 1.54) is 0 Å². The maximum absolute atomic E-state index is 4.87. The van der Waals surface area contributed by atoms with E-state index in [0.717, 1.165) is 0 Å². The van der Waals surface area contributed by atoms with Crippen molar-refractivity contribution in [2.75, 3.05) is 0 Å². The van der Waals surface area contributed by atoms with Gasteiger partial charge in [0.1, 0.15) is 0 Å². The van der Waals surface area contributed by atoms with E-state index in [-0.39, 0.29) is 53.6 Å². The van der Waals surface area contributed by atoms with Gasteiger partial charge in [-0.2, -0.15) is 0 Å². The molecule has 0 unspecified atom stereocenters. The van der Waals surface area contributed by atoms with Crippen LogP contribution in [0.1, 0.15) is 0 Å².